The van der Waals surface area contributed by atoms with E-state index in [1.807, 2.05) is 0 Å². The molecule has 0 saturated carbocycles. The molecule has 0 aliphatic heterocycles. The predicted octanol–water partition coefficient (Wildman–Crippen LogP) is 6.05. The van der Waals surface area contributed by atoms with Crippen LogP contribution >= 0.6 is 0 Å². The number of hydrogen-bond acceptors (Lipinski definition) is 3. The Morgan fingerprint density at radius 3 is 2.15 bits per heavy atom. The molecule has 0 unspecified atom stereocenters. The molecule has 0 fully saturated rings. The zero-order valence-electron chi connectivity index (χ0n) is 19.7. The van der Waals surface area contributed by atoms with E-state index < -0.39 is 34.8 Å². The lowest BCUT2D eigenvalue weighted by atomic mass is 9.95. The molecule has 2 N–H and O–H groups in total. The Balaban J connectivity index is 2.63. The first kappa shape index (κ1) is 26.9. The molecule has 10 heteroatoms. The van der Waals surface area contributed by atoms with Gasteiger partial charge in [0.1, 0.15) is 0 Å². The number of nitrogens with zero attached hydrogens (tertiary/aromatic N) is 2. The van der Waals surface area contributed by atoms with Gasteiger partial charge in [0.2, 0.25) is 5.96 Å². The lowest BCUT2D eigenvalue weighted by Crippen LogP contribution is -2.33. The van der Waals surface area contributed by atoms with E-state index in [4.69, 9.17) is 0 Å². The van der Waals surface area contributed by atoms with Gasteiger partial charge in [0.25, 0.3) is 5.91 Å². The van der Waals surface area contributed by atoms with Gasteiger partial charge in [0.05, 0.1) is 22.5 Å². The number of rotatable bonds is 4. The number of hydrogen-bond donors (Lipinski definition) is 2. The molecule has 0 spiro atoms. The van der Waals surface area contributed by atoms with Crippen molar-refractivity contribution in [3.8, 4) is 0 Å². The first-order valence-corrected chi connectivity index (χ1v) is 10.5. The second kappa shape index (κ2) is 10.3. The van der Waals surface area contributed by atoms with Crippen LogP contribution in [0.25, 0.3) is 0 Å². The minimum Gasteiger partial charge on any atom is -0.387 e. The number of amides is 1. The summed E-state index contributed by atoms with van der Waals surface area (Å²) in [6.45, 7) is 8.70. The number of carbonyl (C=O) groups is 1. The van der Waals surface area contributed by atoms with Gasteiger partial charge in [-0.3, -0.25) is 10.1 Å². The van der Waals surface area contributed by atoms with Gasteiger partial charge in [-0.1, -0.05) is 26.0 Å². The normalized spacial score (nSPS) is 13.3. The smallest absolute Gasteiger partial charge is 0.387 e. The summed E-state index contributed by atoms with van der Waals surface area (Å²) in [5, 5.41) is 5.07. The third-order valence-corrected chi connectivity index (χ3v) is 4.52. The first-order valence-electron chi connectivity index (χ1n) is 10.5. The molecule has 2 rings (SSSR count). The third kappa shape index (κ3) is 6.85. The van der Waals surface area contributed by atoms with Crippen LogP contribution in [0, 0.1) is 17.6 Å². The number of alkyl halides is 3. The molecule has 5 nitrogen and oxygen atoms in total. The van der Waals surface area contributed by atoms with E-state index in [-0.39, 0.29) is 34.4 Å². The van der Waals surface area contributed by atoms with Crippen LogP contribution in [0.2, 0.25) is 0 Å². The summed E-state index contributed by atoms with van der Waals surface area (Å²) in [5.41, 5.74) is -1.48. The van der Waals surface area contributed by atoms with Crippen molar-refractivity contribution in [2.75, 3.05) is 12.4 Å². The fraction of sp³-hybridized carbons (Fsp3) is 0.375. The van der Waals surface area contributed by atoms with Crippen LogP contribution in [0.5, 0.6) is 0 Å². The van der Waals surface area contributed by atoms with Crippen LogP contribution in [0.1, 0.15) is 56.1 Å². The third-order valence-electron chi connectivity index (χ3n) is 4.52. The van der Waals surface area contributed by atoms with E-state index in [0.29, 0.717) is 0 Å². The van der Waals surface area contributed by atoms with Crippen LogP contribution < -0.4 is 10.6 Å². The monoisotopic (exact) mass is 482 g/mol. The Hall–Kier alpha value is -3.30. The highest BCUT2D eigenvalue weighted by Gasteiger charge is 2.35. The number of para-hydroxylation sites is 1. The molecule has 0 radical (unpaired) electrons. The summed E-state index contributed by atoms with van der Waals surface area (Å²) >= 11 is 0. The molecule has 0 bridgehead atoms. The van der Waals surface area contributed by atoms with Crippen LogP contribution in [-0.2, 0) is 6.18 Å². The summed E-state index contributed by atoms with van der Waals surface area (Å²) in [4.78, 5) is 21.5. The van der Waals surface area contributed by atoms with Crippen LogP contribution in [0.3, 0.4) is 0 Å². The van der Waals surface area contributed by atoms with Gasteiger partial charge in [-0.15, -0.1) is 0 Å². The average molecular weight is 482 g/mol. The molecular formula is C24H27F5N4O. The Bertz CT molecular complexity index is 1120. The molecule has 0 aliphatic carbocycles. The second-order valence-electron chi connectivity index (χ2n) is 8.82. The van der Waals surface area contributed by atoms with E-state index in [1.54, 1.807) is 34.6 Å². The molecule has 0 aliphatic rings. The first-order chi connectivity index (χ1) is 15.6. The molecule has 1 amide bonds. The maximum atomic E-state index is 13.6. The topological polar surface area (TPSA) is 65.8 Å². The van der Waals surface area contributed by atoms with Gasteiger partial charge in [-0.2, -0.15) is 13.2 Å². The van der Waals surface area contributed by atoms with Crippen LogP contribution in [0.15, 0.2) is 46.4 Å². The van der Waals surface area contributed by atoms with Crippen molar-refractivity contribution < 1.29 is 26.7 Å². The second-order valence-corrected chi connectivity index (χ2v) is 8.82. The largest absolute Gasteiger partial charge is 0.418 e. The Labute approximate surface area is 195 Å². The highest BCUT2D eigenvalue weighted by atomic mass is 19.4. The van der Waals surface area contributed by atoms with Gasteiger partial charge in [0, 0.05) is 18.2 Å². The number of anilines is 1. The molecule has 0 heterocycles. The highest BCUT2D eigenvalue weighted by molar-refractivity contribution is 6.15. The van der Waals surface area contributed by atoms with E-state index >= 15 is 0 Å². The zero-order chi connectivity index (χ0) is 25.8. The summed E-state index contributed by atoms with van der Waals surface area (Å²) in [6.07, 6.45) is -4.60. The fourth-order valence-electron chi connectivity index (χ4n) is 3.10. The molecule has 34 heavy (non-hydrogen) atoms. The quantitative estimate of drug-likeness (QED) is 0.316. The molecule has 0 atom stereocenters. The lowest BCUT2D eigenvalue weighted by Gasteiger charge is -2.21. The molecule has 0 aromatic heterocycles. The SMILES string of the molecule is CNc1c(C(=NC(=NC(C)(C)C)NC(=O)c2ccc(F)c(F)c2)C(C)C)cccc1C(F)(F)F. The van der Waals surface area contributed by atoms with E-state index in [9.17, 15) is 26.7 Å². The Morgan fingerprint density at radius 2 is 1.65 bits per heavy atom. The van der Waals surface area contributed by atoms with Gasteiger partial charge in [0.15, 0.2) is 11.6 Å². The van der Waals surface area contributed by atoms with Crippen molar-refractivity contribution >= 4 is 23.3 Å². The Kier molecular flexibility index (Phi) is 8.18. The van der Waals surface area contributed by atoms with Gasteiger partial charge in [-0.05, 0) is 51.0 Å². The minimum absolute atomic E-state index is 0.163. The fourth-order valence-corrected chi connectivity index (χ4v) is 3.10. The maximum absolute atomic E-state index is 13.6. The highest BCUT2D eigenvalue weighted by Crippen LogP contribution is 2.37. The molecular weight excluding hydrogens is 455 g/mol. The summed E-state index contributed by atoms with van der Waals surface area (Å²) in [5.74, 6) is -3.64. The van der Waals surface area contributed by atoms with E-state index in [0.717, 1.165) is 24.3 Å². The number of nitrogens with one attached hydrogen (secondary N) is 2. The number of guanidine groups is 1. The summed E-state index contributed by atoms with van der Waals surface area (Å²) in [7, 11) is 1.38. The molecule has 2 aromatic rings. The lowest BCUT2D eigenvalue weighted by molar-refractivity contribution is -0.136. The van der Waals surface area contributed by atoms with Crippen molar-refractivity contribution in [1.29, 1.82) is 0 Å². The number of carbonyl (C=O) groups excluding carboxylic acids is 1. The van der Waals surface area contributed by atoms with Crippen molar-refractivity contribution in [2.45, 2.75) is 46.3 Å². The number of aliphatic imine (C=N–C) groups is 2. The van der Waals surface area contributed by atoms with Crippen molar-refractivity contribution in [3.63, 3.8) is 0 Å². The zero-order valence-corrected chi connectivity index (χ0v) is 19.7. The summed E-state index contributed by atoms with van der Waals surface area (Å²) < 4.78 is 67.5. The number of halogens is 5. The Morgan fingerprint density at radius 1 is 1.00 bits per heavy atom. The van der Waals surface area contributed by atoms with Gasteiger partial charge < -0.3 is 5.32 Å². The summed E-state index contributed by atoms with van der Waals surface area (Å²) in [6, 6.07) is 6.38. The molecule has 0 saturated heterocycles. The standard InChI is InChI=1S/C24H27F5N4O/c1-13(2)19(15-8-7-9-16(20(15)30-6)24(27,28)29)31-22(33-23(3,4)5)32-21(34)14-10-11-17(25)18(26)12-14/h7-13,30H,1-6H3,(H,32,33,34). The number of benzene rings is 2. The average Bonchev–Trinajstić information content (AvgIpc) is 2.71. The van der Waals surface area contributed by atoms with Crippen molar-refractivity contribution in [3.05, 3.63) is 64.7 Å². The van der Waals surface area contributed by atoms with E-state index in [2.05, 4.69) is 20.6 Å². The maximum Gasteiger partial charge on any atom is 0.418 e. The molecule has 2 aromatic carbocycles. The molecule has 184 valence electrons. The van der Waals surface area contributed by atoms with E-state index in [1.165, 1.54) is 19.2 Å². The van der Waals surface area contributed by atoms with Gasteiger partial charge in [-0.25, -0.2) is 18.8 Å². The minimum atomic E-state index is -4.60. The van der Waals surface area contributed by atoms with Gasteiger partial charge >= 0.3 is 6.18 Å². The predicted molar refractivity (Wildman–Crippen MR) is 123 cm³/mol. The van der Waals surface area contributed by atoms with Crippen molar-refractivity contribution in [1.82, 2.24) is 5.32 Å². The van der Waals surface area contributed by atoms with Crippen LogP contribution in [0.4, 0.5) is 27.6 Å². The van der Waals surface area contributed by atoms with Crippen LogP contribution in [-0.4, -0.2) is 30.2 Å². The van der Waals surface area contributed by atoms with Crippen molar-refractivity contribution in [2.24, 2.45) is 15.9 Å².